The van der Waals surface area contributed by atoms with Crippen LogP contribution in [0.2, 0.25) is 0 Å². The number of carbonyl (C=O) groups excluding carboxylic acids is 1. The zero-order chi connectivity index (χ0) is 15.5. The number of H-pyrrole nitrogens is 1. The summed E-state index contributed by atoms with van der Waals surface area (Å²) in [7, 11) is 0. The summed E-state index contributed by atoms with van der Waals surface area (Å²) in [5.74, 6) is -0.238. The number of carbonyl (C=O) groups is 1. The number of aromatic amines is 1. The number of aryl methyl sites for hydroxylation is 2. The summed E-state index contributed by atoms with van der Waals surface area (Å²) in [5, 5.41) is 9.74. The molecule has 22 heavy (non-hydrogen) atoms. The lowest BCUT2D eigenvalue weighted by molar-refractivity contribution is 0.0945. The van der Waals surface area contributed by atoms with Gasteiger partial charge in [-0.25, -0.2) is 0 Å². The zero-order valence-electron chi connectivity index (χ0n) is 12.3. The lowest BCUT2D eigenvalue weighted by Gasteiger charge is -2.02. The van der Waals surface area contributed by atoms with Crippen molar-refractivity contribution in [2.24, 2.45) is 0 Å². The van der Waals surface area contributed by atoms with Crippen molar-refractivity contribution >= 4 is 17.2 Å². The summed E-state index contributed by atoms with van der Waals surface area (Å²) in [6, 6.07) is 5.80. The molecular formula is C15H15N5OS. The second kappa shape index (κ2) is 6.07. The first-order chi connectivity index (χ1) is 10.6. The minimum Gasteiger partial charge on any atom is -0.345 e. The number of hydrogen-bond donors (Lipinski definition) is 2. The van der Waals surface area contributed by atoms with Crippen LogP contribution in [0.1, 0.15) is 26.8 Å². The van der Waals surface area contributed by atoms with E-state index < -0.39 is 0 Å². The zero-order valence-corrected chi connectivity index (χ0v) is 13.1. The summed E-state index contributed by atoms with van der Waals surface area (Å²) < 4.78 is 0. The van der Waals surface area contributed by atoms with Gasteiger partial charge in [0.25, 0.3) is 5.91 Å². The van der Waals surface area contributed by atoms with Crippen molar-refractivity contribution in [3.05, 3.63) is 52.6 Å². The number of aromatic nitrogens is 4. The molecule has 0 aliphatic rings. The van der Waals surface area contributed by atoms with E-state index in [1.807, 2.05) is 26.0 Å². The fourth-order valence-electron chi connectivity index (χ4n) is 1.92. The maximum Gasteiger partial charge on any atom is 0.272 e. The SMILES string of the molecule is Cc1cnc(CNC(=O)c2cc(-c3ccc(C)s3)[nH]n2)cn1. The van der Waals surface area contributed by atoms with Crippen LogP contribution in [-0.2, 0) is 6.54 Å². The van der Waals surface area contributed by atoms with Crippen LogP contribution in [0.4, 0.5) is 0 Å². The second-order valence-electron chi connectivity index (χ2n) is 4.91. The van der Waals surface area contributed by atoms with Crippen molar-refractivity contribution in [1.29, 1.82) is 0 Å². The molecule has 0 fully saturated rings. The molecule has 0 aromatic carbocycles. The van der Waals surface area contributed by atoms with E-state index in [2.05, 4.69) is 25.5 Å². The van der Waals surface area contributed by atoms with E-state index in [0.29, 0.717) is 17.9 Å². The molecule has 0 aliphatic heterocycles. The van der Waals surface area contributed by atoms with Crippen molar-refractivity contribution < 1.29 is 4.79 Å². The van der Waals surface area contributed by atoms with E-state index in [0.717, 1.165) is 16.3 Å². The van der Waals surface area contributed by atoms with Crippen LogP contribution in [0, 0.1) is 13.8 Å². The van der Waals surface area contributed by atoms with E-state index >= 15 is 0 Å². The Kier molecular flexibility index (Phi) is 3.97. The average Bonchev–Trinajstić information content (AvgIpc) is 3.15. The highest BCUT2D eigenvalue weighted by Crippen LogP contribution is 2.26. The van der Waals surface area contributed by atoms with Crippen molar-refractivity contribution in [3.8, 4) is 10.6 Å². The van der Waals surface area contributed by atoms with Gasteiger partial charge >= 0.3 is 0 Å². The minimum atomic E-state index is -0.238. The predicted octanol–water partition coefficient (Wildman–Crippen LogP) is 2.48. The summed E-state index contributed by atoms with van der Waals surface area (Å²) in [5.41, 5.74) is 2.77. The molecule has 112 valence electrons. The van der Waals surface area contributed by atoms with Crippen molar-refractivity contribution in [2.45, 2.75) is 20.4 Å². The topological polar surface area (TPSA) is 83.6 Å². The van der Waals surface area contributed by atoms with Gasteiger partial charge in [0.15, 0.2) is 5.69 Å². The first kappa shape index (κ1) is 14.4. The molecule has 6 nitrogen and oxygen atoms in total. The van der Waals surface area contributed by atoms with Gasteiger partial charge in [-0.15, -0.1) is 11.3 Å². The Morgan fingerprint density at radius 3 is 2.82 bits per heavy atom. The lowest BCUT2D eigenvalue weighted by atomic mass is 10.3. The highest BCUT2D eigenvalue weighted by Gasteiger charge is 2.12. The summed E-state index contributed by atoms with van der Waals surface area (Å²) in [4.78, 5) is 22.7. The number of rotatable bonds is 4. The smallest absolute Gasteiger partial charge is 0.272 e. The largest absolute Gasteiger partial charge is 0.345 e. The normalized spacial score (nSPS) is 10.6. The van der Waals surface area contributed by atoms with E-state index in [-0.39, 0.29) is 5.91 Å². The molecule has 0 atom stereocenters. The first-order valence-corrected chi connectivity index (χ1v) is 7.61. The van der Waals surface area contributed by atoms with Crippen LogP contribution in [0.3, 0.4) is 0 Å². The van der Waals surface area contributed by atoms with Gasteiger partial charge in [0, 0.05) is 11.1 Å². The third kappa shape index (κ3) is 3.20. The van der Waals surface area contributed by atoms with Crippen LogP contribution in [-0.4, -0.2) is 26.1 Å². The number of nitrogens with zero attached hydrogens (tertiary/aromatic N) is 3. The van der Waals surface area contributed by atoms with Crippen LogP contribution in [0.25, 0.3) is 10.6 Å². The van der Waals surface area contributed by atoms with Gasteiger partial charge in [0.2, 0.25) is 0 Å². The number of hydrogen-bond acceptors (Lipinski definition) is 5. The molecule has 2 N–H and O–H groups in total. The van der Waals surface area contributed by atoms with E-state index in [4.69, 9.17) is 0 Å². The Hall–Kier alpha value is -2.54. The van der Waals surface area contributed by atoms with Gasteiger partial charge in [-0.3, -0.25) is 19.9 Å². The van der Waals surface area contributed by atoms with E-state index in [1.165, 1.54) is 4.88 Å². The van der Waals surface area contributed by atoms with Crippen LogP contribution in [0.15, 0.2) is 30.6 Å². The Balaban J connectivity index is 1.65. The van der Waals surface area contributed by atoms with Crippen molar-refractivity contribution in [3.63, 3.8) is 0 Å². The molecule has 0 radical (unpaired) electrons. The van der Waals surface area contributed by atoms with Gasteiger partial charge in [0.1, 0.15) is 0 Å². The quantitative estimate of drug-likeness (QED) is 0.775. The Morgan fingerprint density at radius 1 is 1.27 bits per heavy atom. The highest BCUT2D eigenvalue weighted by molar-refractivity contribution is 7.15. The highest BCUT2D eigenvalue weighted by atomic mass is 32.1. The molecule has 3 rings (SSSR count). The average molecular weight is 313 g/mol. The Morgan fingerprint density at radius 2 is 2.14 bits per heavy atom. The molecule has 3 aromatic rings. The molecule has 0 unspecified atom stereocenters. The van der Waals surface area contributed by atoms with Crippen molar-refractivity contribution in [2.75, 3.05) is 0 Å². The molecule has 0 saturated carbocycles. The monoisotopic (exact) mass is 313 g/mol. The third-order valence-electron chi connectivity index (χ3n) is 3.08. The van der Waals surface area contributed by atoms with Crippen molar-refractivity contribution in [1.82, 2.24) is 25.5 Å². The second-order valence-corrected chi connectivity index (χ2v) is 6.20. The molecule has 7 heteroatoms. The minimum absolute atomic E-state index is 0.238. The van der Waals surface area contributed by atoms with Crippen LogP contribution >= 0.6 is 11.3 Å². The predicted molar refractivity (Wildman–Crippen MR) is 84.6 cm³/mol. The fourth-order valence-corrected chi connectivity index (χ4v) is 2.75. The molecule has 3 heterocycles. The standard InChI is InChI=1S/C15H15N5OS/c1-9-6-17-11(7-16-9)8-18-15(21)13-5-12(19-20-13)14-4-3-10(2)22-14/h3-7H,8H2,1-2H3,(H,18,21)(H,19,20). The molecule has 0 bridgehead atoms. The summed E-state index contributed by atoms with van der Waals surface area (Å²) in [6.07, 6.45) is 3.33. The van der Waals surface area contributed by atoms with E-state index in [1.54, 1.807) is 29.8 Å². The summed E-state index contributed by atoms with van der Waals surface area (Å²) in [6.45, 7) is 4.24. The number of amides is 1. The Bertz CT molecular complexity index is 790. The summed E-state index contributed by atoms with van der Waals surface area (Å²) >= 11 is 1.66. The maximum atomic E-state index is 12.1. The maximum absolute atomic E-state index is 12.1. The molecule has 1 amide bonds. The molecule has 0 aliphatic carbocycles. The van der Waals surface area contributed by atoms with E-state index in [9.17, 15) is 4.79 Å². The van der Waals surface area contributed by atoms with Gasteiger partial charge in [-0.05, 0) is 32.0 Å². The molecule has 0 spiro atoms. The molecule has 0 saturated heterocycles. The van der Waals surface area contributed by atoms with Gasteiger partial charge in [-0.2, -0.15) is 5.10 Å². The molecular weight excluding hydrogens is 298 g/mol. The first-order valence-electron chi connectivity index (χ1n) is 6.80. The third-order valence-corrected chi connectivity index (χ3v) is 4.11. The molecule has 3 aromatic heterocycles. The number of nitrogens with one attached hydrogen (secondary N) is 2. The van der Waals surface area contributed by atoms with Gasteiger partial charge < -0.3 is 5.32 Å². The Labute approximate surface area is 131 Å². The lowest BCUT2D eigenvalue weighted by Crippen LogP contribution is -2.23. The van der Waals surface area contributed by atoms with Crippen LogP contribution < -0.4 is 5.32 Å². The number of thiophene rings is 1. The van der Waals surface area contributed by atoms with Gasteiger partial charge in [-0.1, -0.05) is 0 Å². The van der Waals surface area contributed by atoms with Crippen LogP contribution in [0.5, 0.6) is 0 Å². The van der Waals surface area contributed by atoms with Gasteiger partial charge in [0.05, 0.1) is 34.7 Å². The fraction of sp³-hybridized carbons (Fsp3) is 0.200.